The number of hydrogen-bond acceptors (Lipinski definition) is 7. The number of nitrogens with zero attached hydrogens (tertiary/aromatic N) is 3. The molecule has 0 saturated carbocycles. The summed E-state index contributed by atoms with van der Waals surface area (Å²) in [4.78, 5) is 10.3. The van der Waals surface area contributed by atoms with Crippen molar-refractivity contribution in [2.24, 2.45) is 0 Å². The summed E-state index contributed by atoms with van der Waals surface area (Å²) in [5.74, 6) is 2.45. The molecule has 1 N–H and O–H groups in total. The van der Waals surface area contributed by atoms with Crippen molar-refractivity contribution < 1.29 is 8.42 Å². The molecule has 21 heavy (non-hydrogen) atoms. The lowest BCUT2D eigenvalue weighted by Crippen LogP contribution is -2.48. The van der Waals surface area contributed by atoms with Gasteiger partial charge in [-0.1, -0.05) is 18.5 Å². The van der Waals surface area contributed by atoms with Crippen molar-refractivity contribution in [1.82, 2.24) is 9.97 Å². The molecule has 1 aliphatic rings. The third-order valence-corrected chi connectivity index (χ3v) is 6.79. The van der Waals surface area contributed by atoms with Gasteiger partial charge in [-0.05, 0) is 6.92 Å². The van der Waals surface area contributed by atoms with E-state index in [1.807, 2.05) is 6.92 Å². The molecule has 2 rings (SSSR count). The van der Waals surface area contributed by atoms with E-state index < -0.39 is 15.2 Å². The highest BCUT2D eigenvalue weighted by molar-refractivity contribution is 8.01. The van der Waals surface area contributed by atoms with Crippen LogP contribution >= 0.6 is 23.4 Å². The Bertz CT molecular complexity index is 597. The zero-order chi connectivity index (χ0) is 15.5. The van der Waals surface area contributed by atoms with Gasteiger partial charge in [-0.2, -0.15) is 16.7 Å². The Labute approximate surface area is 134 Å². The van der Waals surface area contributed by atoms with Crippen LogP contribution < -0.4 is 10.2 Å². The zero-order valence-electron chi connectivity index (χ0n) is 12.0. The Hall–Kier alpha value is -0.730. The van der Waals surface area contributed by atoms with E-state index in [-0.39, 0.29) is 5.75 Å². The van der Waals surface area contributed by atoms with E-state index in [2.05, 4.69) is 15.3 Å². The predicted molar refractivity (Wildman–Crippen MR) is 89.1 cm³/mol. The number of nitrogens with one attached hydrogen (secondary N) is 1. The first-order chi connectivity index (χ1) is 9.99. The van der Waals surface area contributed by atoms with E-state index in [0.717, 1.165) is 5.75 Å². The molecule has 2 heterocycles. The average Bonchev–Trinajstić information content (AvgIpc) is 2.49. The van der Waals surface area contributed by atoms with Crippen LogP contribution in [0.25, 0.3) is 0 Å². The Morgan fingerprint density at radius 2 is 2.29 bits per heavy atom. The highest BCUT2D eigenvalue weighted by Gasteiger charge is 2.34. The summed E-state index contributed by atoms with van der Waals surface area (Å²) in [7, 11) is -3.19. The summed E-state index contributed by atoms with van der Waals surface area (Å²) < 4.78 is 24.6. The van der Waals surface area contributed by atoms with Crippen LogP contribution in [0.15, 0.2) is 6.20 Å². The molecule has 1 aromatic rings. The van der Waals surface area contributed by atoms with Crippen LogP contribution in [0.1, 0.15) is 13.8 Å². The molecule has 0 radical (unpaired) electrons. The lowest BCUT2D eigenvalue weighted by molar-refractivity contribution is 0.579. The van der Waals surface area contributed by atoms with Crippen LogP contribution in [0.5, 0.6) is 0 Å². The molecule has 1 fully saturated rings. The van der Waals surface area contributed by atoms with E-state index in [1.165, 1.54) is 6.20 Å². The maximum atomic E-state index is 12.3. The second-order valence-electron chi connectivity index (χ2n) is 4.57. The van der Waals surface area contributed by atoms with Crippen molar-refractivity contribution in [3.05, 3.63) is 11.2 Å². The quantitative estimate of drug-likeness (QED) is 0.868. The fourth-order valence-electron chi connectivity index (χ4n) is 2.12. The van der Waals surface area contributed by atoms with Crippen LogP contribution in [-0.4, -0.2) is 54.1 Å². The molecule has 1 unspecified atom stereocenters. The number of aromatic nitrogens is 2. The van der Waals surface area contributed by atoms with Gasteiger partial charge in [0.15, 0.2) is 15.7 Å². The van der Waals surface area contributed by atoms with Crippen molar-refractivity contribution >= 4 is 45.0 Å². The monoisotopic (exact) mass is 350 g/mol. The molecule has 9 heteroatoms. The highest BCUT2D eigenvalue weighted by Crippen LogP contribution is 2.31. The Balaban J connectivity index is 2.39. The van der Waals surface area contributed by atoms with Gasteiger partial charge < -0.3 is 10.2 Å². The molecule has 0 aromatic carbocycles. The number of hydrogen-bond donors (Lipinski definition) is 1. The second-order valence-corrected chi connectivity index (χ2v) is 8.57. The van der Waals surface area contributed by atoms with Gasteiger partial charge in [-0.25, -0.2) is 13.4 Å². The Morgan fingerprint density at radius 1 is 1.52 bits per heavy atom. The SMILES string of the molecule is CCNc1ncc(Cl)c(N2CCSCC2S(=O)(=O)CC)n1. The first-order valence-corrected chi connectivity index (χ1v) is 10.1. The third kappa shape index (κ3) is 3.73. The first-order valence-electron chi connectivity index (χ1n) is 6.82. The number of anilines is 2. The molecule has 0 aliphatic carbocycles. The van der Waals surface area contributed by atoms with E-state index in [1.54, 1.807) is 23.6 Å². The number of rotatable bonds is 5. The summed E-state index contributed by atoms with van der Waals surface area (Å²) in [6, 6.07) is 0. The minimum absolute atomic E-state index is 0.109. The average molecular weight is 351 g/mol. The molecule has 0 spiro atoms. The van der Waals surface area contributed by atoms with Gasteiger partial charge in [-0.3, -0.25) is 0 Å². The summed E-state index contributed by atoms with van der Waals surface area (Å²) in [6.45, 7) is 4.91. The minimum Gasteiger partial charge on any atom is -0.354 e. The standard InChI is InChI=1S/C12H19ClN4O2S2/c1-3-14-12-15-7-9(13)11(16-12)17-5-6-20-8-10(17)21(18,19)4-2/h7,10H,3-6,8H2,1-2H3,(H,14,15,16). The van der Waals surface area contributed by atoms with Gasteiger partial charge in [0.2, 0.25) is 5.95 Å². The molecule has 0 bridgehead atoms. The predicted octanol–water partition coefficient (Wildman–Crippen LogP) is 1.88. The van der Waals surface area contributed by atoms with Gasteiger partial charge in [0.05, 0.1) is 6.20 Å². The number of halogens is 1. The van der Waals surface area contributed by atoms with Crippen molar-refractivity contribution in [2.45, 2.75) is 19.2 Å². The summed E-state index contributed by atoms with van der Waals surface area (Å²) in [6.07, 6.45) is 1.51. The third-order valence-electron chi connectivity index (χ3n) is 3.23. The van der Waals surface area contributed by atoms with Crippen LogP contribution in [-0.2, 0) is 9.84 Å². The lowest BCUT2D eigenvalue weighted by Gasteiger charge is -2.35. The largest absolute Gasteiger partial charge is 0.354 e. The van der Waals surface area contributed by atoms with Gasteiger partial charge in [0, 0.05) is 30.3 Å². The van der Waals surface area contributed by atoms with Gasteiger partial charge >= 0.3 is 0 Å². The van der Waals surface area contributed by atoms with E-state index in [9.17, 15) is 8.42 Å². The Morgan fingerprint density at radius 3 is 2.95 bits per heavy atom. The normalized spacial score (nSPS) is 19.6. The van der Waals surface area contributed by atoms with Gasteiger partial charge in [0.1, 0.15) is 10.4 Å². The van der Waals surface area contributed by atoms with Gasteiger partial charge in [-0.15, -0.1) is 0 Å². The molecule has 118 valence electrons. The van der Waals surface area contributed by atoms with Crippen LogP contribution in [0, 0.1) is 0 Å². The Kier molecular flexibility index (Phi) is 5.56. The summed E-state index contributed by atoms with van der Waals surface area (Å²) in [5, 5.41) is 2.81. The van der Waals surface area contributed by atoms with Crippen molar-refractivity contribution in [2.75, 3.05) is 40.6 Å². The molecule has 1 saturated heterocycles. The van der Waals surface area contributed by atoms with E-state index >= 15 is 0 Å². The smallest absolute Gasteiger partial charge is 0.224 e. The molecular formula is C12H19ClN4O2S2. The van der Waals surface area contributed by atoms with E-state index in [4.69, 9.17) is 11.6 Å². The molecule has 1 atom stereocenters. The molecule has 6 nitrogen and oxygen atoms in total. The van der Waals surface area contributed by atoms with Gasteiger partial charge in [0.25, 0.3) is 0 Å². The second kappa shape index (κ2) is 7.02. The topological polar surface area (TPSA) is 75.2 Å². The minimum atomic E-state index is -3.19. The van der Waals surface area contributed by atoms with E-state index in [0.29, 0.717) is 35.6 Å². The first kappa shape index (κ1) is 16.6. The van der Waals surface area contributed by atoms with Crippen molar-refractivity contribution in [3.8, 4) is 0 Å². The fraction of sp³-hybridized carbons (Fsp3) is 0.667. The maximum Gasteiger partial charge on any atom is 0.224 e. The van der Waals surface area contributed by atoms with Crippen LogP contribution in [0.4, 0.5) is 11.8 Å². The summed E-state index contributed by atoms with van der Waals surface area (Å²) >= 11 is 7.83. The summed E-state index contributed by atoms with van der Waals surface area (Å²) in [5.41, 5.74) is 0. The fourth-order valence-corrected chi connectivity index (χ4v) is 5.29. The number of sulfone groups is 1. The lowest BCUT2D eigenvalue weighted by atomic mass is 10.4. The molecule has 0 amide bonds. The van der Waals surface area contributed by atoms with Crippen molar-refractivity contribution in [1.29, 1.82) is 0 Å². The maximum absolute atomic E-state index is 12.3. The highest BCUT2D eigenvalue weighted by atomic mass is 35.5. The molecule has 1 aromatic heterocycles. The molecule has 1 aliphatic heterocycles. The van der Waals surface area contributed by atoms with Crippen LogP contribution in [0.2, 0.25) is 5.02 Å². The van der Waals surface area contributed by atoms with Crippen molar-refractivity contribution in [3.63, 3.8) is 0 Å². The number of thioether (sulfide) groups is 1. The zero-order valence-corrected chi connectivity index (χ0v) is 14.4. The van der Waals surface area contributed by atoms with Crippen LogP contribution in [0.3, 0.4) is 0 Å². The molecular weight excluding hydrogens is 332 g/mol.